The quantitative estimate of drug-likeness (QED) is 0.819. The first-order valence-corrected chi connectivity index (χ1v) is 6.57. The summed E-state index contributed by atoms with van der Waals surface area (Å²) >= 11 is 0. The van der Waals surface area contributed by atoms with E-state index in [0.717, 1.165) is 12.3 Å². The summed E-state index contributed by atoms with van der Waals surface area (Å²) < 4.78 is 0. The number of anilines is 1. The van der Waals surface area contributed by atoms with Gasteiger partial charge in [0.2, 0.25) is 0 Å². The highest BCUT2D eigenvalue weighted by atomic mass is 15.1. The third-order valence-electron chi connectivity index (χ3n) is 3.26. The van der Waals surface area contributed by atoms with E-state index in [1.165, 1.54) is 17.7 Å². The lowest BCUT2D eigenvalue weighted by atomic mass is 10.0. The van der Waals surface area contributed by atoms with E-state index >= 15 is 0 Å². The standard InChI is InChI=1S/C15H26N2/c1-12(2)11-13(3)17(4)15-8-6-5-7-14(15)9-10-16/h5-8,12-13H,9-11,16H2,1-4H3. The van der Waals surface area contributed by atoms with Crippen LogP contribution >= 0.6 is 0 Å². The van der Waals surface area contributed by atoms with E-state index in [1.54, 1.807) is 0 Å². The number of nitrogens with zero attached hydrogens (tertiary/aromatic N) is 1. The second-order valence-electron chi connectivity index (χ2n) is 5.26. The average Bonchev–Trinajstić information content (AvgIpc) is 2.28. The van der Waals surface area contributed by atoms with Gasteiger partial charge in [-0.1, -0.05) is 32.0 Å². The lowest BCUT2D eigenvalue weighted by molar-refractivity contribution is 0.503. The molecule has 1 aromatic carbocycles. The van der Waals surface area contributed by atoms with Crippen LogP contribution in [0.5, 0.6) is 0 Å². The Morgan fingerprint density at radius 2 is 1.82 bits per heavy atom. The molecule has 0 fully saturated rings. The Bertz CT molecular complexity index is 333. The molecule has 0 spiro atoms. The van der Waals surface area contributed by atoms with Gasteiger partial charge < -0.3 is 10.6 Å². The maximum atomic E-state index is 5.67. The fraction of sp³-hybridized carbons (Fsp3) is 0.600. The predicted molar refractivity (Wildman–Crippen MR) is 76.5 cm³/mol. The molecule has 0 bridgehead atoms. The van der Waals surface area contributed by atoms with Crippen molar-refractivity contribution in [2.45, 2.75) is 39.7 Å². The Labute approximate surface area is 106 Å². The fourth-order valence-electron chi connectivity index (χ4n) is 2.30. The minimum Gasteiger partial charge on any atom is -0.372 e. The summed E-state index contributed by atoms with van der Waals surface area (Å²) in [5, 5.41) is 0. The van der Waals surface area contributed by atoms with Gasteiger partial charge in [0, 0.05) is 18.8 Å². The second-order valence-corrected chi connectivity index (χ2v) is 5.26. The van der Waals surface area contributed by atoms with E-state index in [1.807, 2.05) is 0 Å². The Hall–Kier alpha value is -1.02. The number of rotatable bonds is 6. The summed E-state index contributed by atoms with van der Waals surface area (Å²) in [5.74, 6) is 0.731. The van der Waals surface area contributed by atoms with Gasteiger partial charge in [-0.05, 0) is 43.9 Å². The highest BCUT2D eigenvalue weighted by Gasteiger charge is 2.13. The maximum absolute atomic E-state index is 5.67. The van der Waals surface area contributed by atoms with E-state index in [4.69, 9.17) is 5.73 Å². The van der Waals surface area contributed by atoms with Crippen LogP contribution in [0.4, 0.5) is 5.69 Å². The van der Waals surface area contributed by atoms with Crippen LogP contribution in [0.1, 0.15) is 32.8 Å². The summed E-state index contributed by atoms with van der Waals surface area (Å²) in [5.41, 5.74) is 8.35. The Morgan fingerprint density at radius 3 is 2.41 bits per heavy atom. The minimum atomic E-state index is 0.564. The van der Waals surface area contributed by atoms with E-state index < -0.39 is 0 Å². The largest absolute Gasteiger partial charge is 0.372 e. The molecule has 0 aliphatic rings. The molecule has 0 aromatic heterocycles. The van der Waals surface area contributed by atoms with Crippen LogP contribution in [0.3, 0.4) is 0 Å². The molecule has 0 saturated heterocycles. The first kappa shape index (κ1) is 14.0. The van der Waals surface area contributed by atoms with Gasteiger partial charge in [-0.25, -0.2) is 0 Å². The molecule has 0 aliphatic carbocycles. The molecule has 2 nitrogen and oxygen atoms in total. The molecule has 2 N–H and O–H groups in total. The van der Waals surface area contributed by atoms with E-state index in [0.29, 0.717) is 12.6 Å². The van der Waals surface area contributed by atoms with Crippen LogP contribution < -0.4 is 10.6 Å². The van der Waals surface area contributed by atoms with Gasteiger partial charge in [-0.2, -0.15) is 0 Å². The lowest BCUT2D eigenvalue weighted by Crippen LogP contribution is -2.31. The zero-order chi connectivity index (χ0) is 12.8. The molecule has 0 radical (unpaired) electrons. The van der Waals surface area contributed by atoms with Gasteiger partial charge in [0.05, 0.1) is 0 Å². The Kier molecular flexibility index (Phi) is 5.49. The van der Waals surface area contributed by atoms with Crippen LogP contribution in [0.25, 0.3) is 0 Å². The summed E-state index contributed by atoms with van der Waals surface area (Å²) in [6.45, 7) is 7.55. The molecule has 1 unspecified atom stereocenters. The van der Waals surface area contributed by atoms with Crippen molar-refractivity contribution in [3.63, 3.8) is 0 Å². The van der Waals surface area contributed by atoms with E-state index in [2.05, 4.69) is 57.0 Å². The summed E-state index contributed by atoms with van der Waals surface area (Å²) in [6, 6.07) is 9.14. The lowest BCUT2D eigenvalue weighted by Gasteiger charge is -2.30. The van der Waals surface area contributed by atoms with E-state index in [-0.39, 0.29) is 0 Å². The molecular weight excluding hydrogens is 208 g/mol. The number of hydrogen-bond acceptors (Lipinski definition) is 2. The number of nitrogens with two attached hydrogens (primary N) is 1. The van der Waals surface area contributed by atoms with Crippen LogP contribution in [-0.4, -0.2) is 19.6 Å². The number of hydrogen-bond donors (Lipinski definition) is 1. The topological polar surface area (TPSA) is 29.3 Å². The Morgan fingerprint density at radius 1 is 1.18 bits per heavy atom. The van der Waals surface area contributed by atoms with Crippen molar-refractivity contribution in [3.05, 3.63) is 29.8 Å². The van der Waals surface area contributed by atoms with Gasteiger partial charge in [0.1, 0.15) is 0 Å². The van der Waals surface area contributed by atoms with Crippen molar-refractivity contribution >= 4 is 5.69 Å². The average molecular weight is 234 g/mol. The highest BCUT2D eigenvalue weighted by Crippen LogP contribution is 2.23. The maximum Gasteiger partial charge on any atom is 0.0399 e. The van der Waals surface area contributed by atoms with Crippen LogP contribution in [-0.2, 0) is 6.42 Å². The van der Waals surface area contributed by atoms with Crippen LogP contribution in [0.2, 0.25) is 0 Å². The number of para-hydroxylation sites is 1. The monoisotopic (exact) mass is 234 g/mol. The first-order valence-electron chi connectivity index (χ1n) is 6.57. The fourth-order valence-corrected chi connectivity index (χ4v) is 2.30. The third-order valence-corrected chi connectivity index (χ3v) is 3.26. The van der Waals surface area contributed by atoms with Crippen molar-refractivity contribution in [2.24, 2.45) is 11.7 Å². The molecular formula is C15H26N2. The smallest absolute Gasteiger partial charge is 0.0399 e. The molecule has 1 aromatic rings. The summed E-state index contributed by atoms with van der Waals surface area (Å²) in [6.07, 6.45) is 2.17. The molecule has 96 valence electrons. The van der Waals surface area contributed by atoms with Gasteiger partial charge >= 0.3 is 0 Å². The number of benzene rings is 1. The zero-order valence-electron chi connectivity index (χ0n) is 11.6. The van der Waals surface area contributed by atoms with Gasteiger partial charge in [0.15, 0.2) is 0 Å². The Balaban J connectivity index is 2.83. The zero-order valence-corrected chi connectivity index (χ0v) is 11.6. The van der Waals surface area contributed by atoms with Crippen LogP contribution in [0.15, 0.2) is 24.3 Å². The molecule has 2 heteroatoms. The van der Waals surface area contributed by atoms with Crippen molar-refractivity contribution in [1.29, 1.82) is 0 Å². The molecule has 17 heavy (non-hydrogen) atoms. The highest BCUT2D eigenvalue weighted by molar-refractivity contribution is 5.53. The summed E-state index contributed by atoms with van der Waals surface area (Å²) in [7, 11) is 2.18. The van der Waals surface area contributed by atoms with Crippen molar-refractivity contribution in [2.75, 3.05) is 18.5 Å². The van der Waals surface area contributed by atoms with Gasteiger partial charge in [-0.15, -0.1) is 0 Å². The van der Waals surface area contributed by atoms with E-state index in [9.17, 15) is 0 Å². The summed E-state index contributed by atoms with van der Waals surface area (Å²) in [4.78, 5) is 2.38. The van der Waals surface area contributed by atoms with Crippen molar-refractivity contribution < 1.29 is 0 Å². The minimum absolute atomic E-state index is 0.564. The van der Waals surface area contributed by atoms with Crippen molar-refractivity contribution in [1.82, 2.24) is 0 Å². The van der Waals surface area contributed by atoms with Gasteiger partial charge in [0.25, 0.3) is 0 Å². The molecule has 0 amide bonds. The molecule has 0 heterocycles. The first-order chi connectivity index (χ1) is 8.06. The van der Waals surface area contributed by atoms with Crippen molar-refractivity contribution in [3.8, 4) is 0 Å². The molecule has 1 atom stereocenters. The molecule has 0 aliphatic heterocycles. The normalized spacial score (nSPS) is 12.8. The molecule has 0 saturated carbocycles. The third kappa shape index (κ3) is 4.04. The second kappa shape index (κ2) is 6.65. The molecule has 1 rings (SSSR count). The SMILES string of the molecule is CC(C)CC(C)N(C)c1ccccc1CCN. The van der Waals surface area contributed by atoms with Gasteiger partial charge in [-0.3, -0.25) is 0 Å². The van der Waals surface area contributed by atoms with Crippen LogP contribution in [0, 0.1) is 5.92 Å². The predicted octanol–water partition coefficient (Wildman–Crippen LogP) is 3.06.